The van der Waals surface area contributed by atoms with Gasteiger partial charge in [-0.05, 0) is 25.8 Å². The van der Waals surface area contributed by atoms with Crippen molar-refractivity contribution in [3.63, 3.8) is 0 Å². The van der Waals surface area contributed by atoms with Gasteiger partial charge in [-0.15, -0.1) is 0 Å². The zero-order valence-corrected chi connectivity index (χ0v) is 11.7. The highest BCUT2D eigenvalue weighted by molar-refractivity contribution is 6.05. The second-order valence-electron chi connectivity index (χ2n) is 6.19. The Hall–Kier alpha value is -1.84. The van der Waals surface area contributed by atoms with Crippen LogP contribution in [0.4, 0.5) is 0 Å². The van der Waals surface area contributed by atoms with Crippen LogP contribution in [0.1, 0.15) is 25.8 Å². The lowest BCUT2D eigenvalue weighted by Gasteiger charge is -2.36. The molecule has 3 aliphatic rings. The van der Waals surface area contributed by atoms with E-state index in [4.69, 9.17) is 4.84 Å². The Morgan fingerprint density at radius 1 is 1.30 bits per heavy atom. The van der Waals surface area contributed by atoms with Gasteiger partial charge in [-0.3, -0.25) is 4.79 Å². The second kappa shape index (κ2) is 4.08. The van der Waals surface area contributed by atoms with E-state index in [1.165, 1.54) is 0 Å². The molecule has 4 atom stereocenters. The molecule has 1 aliphatic carbocycles. The van der Waals surface area contributed by atoms with E-state index in [9.17, 15) is 4.79 Å². The normalized spacial score (nSPS) is 34.5. The average Bonchev–Trinajstić information content (AvgIpc) is 3.08. The van der Waals surface area contributed by atoms with Gasteiger partial charge in [-0.1, -0.05) is 35.5 Å². The lowest BCUT2D eigenvalue weighted by molar-refractivity contribution is -0.142. The van der Waals surface area contributed by atoms with E-state index < -0.39 is 0 Å². The molecule has 1 saturated carbocycles. The first-order chi connectivity index (χ1) is 9.68. The molecule has 2 heterocycles. The van der Waals surface area contributed by atoms with Crippen molar-refractivity contribution in [2.45, 2.75) is 38.5 Å². The van der Waals surface area contributed by atoms with E-state index in [-0.39, 0.29) is 35.9 Å². The number of hydrogen-bond donors (Lipinski definition) is 0. The van der Waals surface area contributed by atoms with Crippen LogP contribution in [-0.2, 0) is 9.63 Å². The fourth-order valence-electron chi connectivity index (χ4n) is 4.04. The minimum absolute atomic E-state index is 0.00244. The number of rotatable bonds is 2. The Morgan fingerprint density at radius 2 is 2.05 bits per heavy atom. The number of benzene rings is 1. The highest BCUT2D eigenvalue weighted by Gasteiger charge is 2.62. The molecule has 1 amide bonds. The third-order valence-electron chi connectivity index (χ3n) is 4.80. The molecule has 0 radical (unpaired) electrons. The molecular weight excluding hydrogens is 252 g/mol. The molecular formula is C16H18N2O2. The smallest absolute Gasteiger partial charge is 0.230 e. The molecule has 0 spiro atoms. The number of amides is 1. The van der Waals surface area contributed by atoms with Gasteiger partial charge in [0.2, 0.25) is 5.91 Å². The summed E-state index contributed by atoms with van der Waals surface area (Å²) in [5.74, 6) is 0.482. The van der Waals surface area contributed by atoms with E-state index in [1.54, 1.807) is 0 Å². The standard InChI is InChI=1S/C16H18N2O2/c1-9(2)18-12-8-11(16(18)19)15-13(12)14(17-20-15)10-6-4-3-5-7-10/h3-7,9,11-13,15H,8H2,1-2H3/t11-,12+,13+,15+/m1/s1. The predicted molar refractivity (Wildman–Crippen MR) is 75.2 cm³/mol. The summed E-state index contributed by atoms with van der Waals surface area (Å²) in [5, 5.41) is 4.30. The molecule has 20 heavy (non-hydrogen) atoms. The quantitative estimate of drug-likeness (QED) is 0.825. The van der Waals surface area contributed by atoms with Gasteiger partial charge >= 0.3 is 0 Å². The number of hydrogen-bond acceptors (Lipinski definition) is 3. The van der Waals surface area contributed by atoms with Crippen molar-refractivity contribution in [2.24, 2.45) is 17.0 Å². The van der Waals surface area contributed by atoms with E-state index in [2.05, 4.69) is 31.1 Å². The first-order valence-electron chi connectivity index (χ1n) is 7.30. The molecule has 4 rings (SSSR count). The summed E-state index contributed by atoms with van der Waals surface area (Å²) in [4.78, 5) is 20.0. The van der Waals surface area contributed by atoms with E-state index >= 15 is 0 Å². The zero-order chi connectivity index (χ0) is 13.9. The van der Waals surface area contributed by atoms with Gasteiger partial charge in [-0.2, -0.15) is 0 Å². The van der Waals surface area contributed by atoms with Crippen LogP contribution in [0, 0.1) is 11.8 Å². The summed E-state index contributed by atoms with van der Waals surface area (Å²) in [5.41, 5.74) is 2.13. The third kappa shape index (κ3) is 1.42. The lowest BCUT2D eigenvalue weighted by Crippen LogP contribution is -2.52. The highest BCUT2D eigenvalue weighted by Crippen LogP contribution is 2.49. The minimum Gasteiger partial charge on any atom is -0.391 e. The van der Waals surface area contributed by atoms with Crippen LogP contribution in [0.15, 0.2) is 35.5 Å². The summed E-state index contributed by atoms with van der Waals surface area (Å²) in [7, 11) is 0. The summed E-state index contributed by atoms with van der Waals surface area (Å²) in [6.07, 6.45) is 0.871. The van der Waals surface area contributed by atoms with Crippen molar-refractivity contribution < 1.29 is 9.63 Å². The van der Waals surface area contributed by atoms with Crippen LogP contribution in [0.3, 0.4) is 0 Å². The van der Waals surface area contributed by atoms with Gasteiger partial charge in [0.25, 0.3) is 0 Å². The first-order valence-corrected chi connectivity index (χ1v) is 7.30. The van der Waals surface area contributed by atoms with Gasteiger partial charge in [0.05, 0.1) is 17.5 Å². The maximum atomic E-state index is 12.4. The van der Waals surface area contributed by atoms with Crippen molar-refractivity contribution in [3.05, 3.63) is 35.9 Å². The molecule has 2 fully saturated rings. The summed E-state index contributed by atoms with van der Waals surface area (Å²) < 4.78 is 0. The number of piperidine rings is 1. The topological polar surface area (TPSA) is 41.9 Å². The Labute approximate surface area is 118 Å². The van der Waals surface area contributed by atoms with Crippen molar-refractivity contribution in [3.8, 4) is 0 Å². The Kier molecular flexibility index (Phi) is 2.43. The molecule has 104 valence electrons. The Bertz CT molecular complexity index is 581. The number of likely N-dealkylation sites (tertiary alicyclic amines) is 1. The minimum atomic E-state index is -0.0438. The molecule has 1 saturated heterocycles. The number of carbonyl (C=O) groups is 1. The van der Waals surface area contributed by atoms with E-state index in [0.717, 1.165) is 17.7 Å². The summed E-state index contributed by atoms with van der Waals surface area (Å²) in [6.45, 7) is 4.17. The van der Waals surface area contributed by atoms with Crippen LogP contribution in [0.5, 0.6) is 0 Å². The third-order valence-corrected chi connectivity index (χ3v) is 4.80. The highest BCUT2D eigenvalue weighted by atomic mass is 16.6. The van der Waals surface area contributed by atoms with E-state index in [0.29, 0.717) is 0 Å². The average molecular weight is 270 g/mol. The monoisotopic (exact) mass is 270 g/mol. The molecule has 0 N–H and O–H groups in total. The molecule has 4 heteroatoms. The Morgan fingerprint density at radius 3 is 2.75 bits per heavy atom. The number of carbonyl (C=O) groups excluding carboxylic acids is 1. The maximum Gasteiger partial charge on any atom is 0.230 e. The van der Waals surface area contributed by atoms with Gasteiger partial charge in [0.1, 0.15) is 6.10 Å². The Balaban J connectivity index is 1.70. The molecule has 2 bridgehead atoms. The van der Waals surface area contributed by atoms with Gasteiger partial charge < -0.3 is 9.74 Å². The second-order valence-corrected chi connectivity index (χ2v) is 6.19. The summed E-state index contributed by atoms with van der Waals surface area (Å²) >= 11 is 0. The predicted octanol–water partition coefficient (Wildman–Crippen LogP) is 2.04. The zero-order valence-electron chi connectivity index (χ0n) is 11.7. The fraction of sp³-hybridized carbons (Fsp3) is 0.500. The number of nitrogens with zero attached hydrogens (tertiary/aromatic N) is 2. The molecule has 1 aromatic rings. The first kappa shape index (κ1) is 11.9. The molecule has 0 aromatic heterocycles. The number of fused-ring (bicyclic) bond motifs is 5. The summed E-state index contributed by atoms with van der Waals surface area (Å²) in [6, 6.07) is 10.7. The fourth-order valence-corrected chi connectivity index (χ4v) is 4.04. The van der Waals surface area contributed by atoms with Crippen LogP contribution in [0.25, 0.3) is 0 Å². The van der Waals surface area contributed by atoms with Crippen molar-refractivity contribution >= 4 is 11.6 Å². The largest absolute Gasteiger partial charge is 0.391 e. The molecule has 1 aromatic carbocycles. The molecule has 0 unspecified atom stereocenters. The lowest BCUT2D eigenvalue weighted by atomic mass is 9.87. The van der Waals surface area contributed by atoms with Gasteiger partial charge in [0.15, 0.2) is 0 Å². The number of oxime groups is 1. The van der Waals surface area contributed by atoms with Crippen molar-refractivity contribution in [2.75, 3.05) is 0 Å². The van der Waals surface area contributed by atoms with Crippen LogP contribution in [0.2, 0.25) is 0 Å². The molecule has 2 aliphatic heterocycles. The van der Waals surface area contributed by atoms with Crippen LogP contribution < -0.4 is 0 Å². The maximum absolute atomic E-state index is 12.4. The molecule has 4 nitrogen and oxygen atoms in total. The van der Waals surface area contributed by atoms with Crippen LogP contribution >= 0.6 is 0 Å². The SMILES string of the molecule is CC(C)N1C(=O)[C@@H]2C[C@H]1[C@H]1C(c3ccccc3)=NO[C@H]12. The van der Waals surface area contributed by atoms with Gasteiger partial charge in [0, 0.05) is 12.1 Å². The van der Waals surface area contributed by atoms with Crippen molar-refractivity contribution in [1.82, 2.24) is 4.90 Å². The van der Waals surface area contributed by atoms with Crippen LogP contribution in [-0.4, -0.2) is 34.7 Å². The van der Waals surface area contributed by atoms with Crippen molar-refractivity contribution in [1.29, 1.82) is 0 Å². The van der Waals surface area contributed by atoms with E-state index in [1.807, 2.05) is 23.1 Å². The van der Waals surface area contributed by atoms with Gasteiger partial charge in [-0.25, -0.2) is 0 Å².